The lowest BCUT2D eigenvalue weighted by Crippen LogP contribution is -2.22. The summed E-state index contributed by atoms with van der Waals surface area (Å²) >= 11 is 11.4. The molecule has 5 heteroatoms. The zero-order chi connectivity index (χ0) is 14.0. The molecule has 1 N–H and O–H groups in total. The standard InChI is InChI=1S/C14H14Br2INS/c1-3-18-13(11-7-10(15)14(16)19-11)9-6-4-5-8(2)12(9)17/h4-7,13,18H,3H2,1-2H3. The predicted molar refractivity (Wildman–Crippen MR) is 99.1 cm³/mol. The van der Waals surface area contributed by atoms with E-state index in [0.29, 0.717) is 0 Å². The van der Waals surface area contributed by atoms with Gasteiger partial charge >= 0.3 is 0 Å². The van der Waals surface area contributed by atoms with Crippen LogP contribution in [-0.4, -0.2) is 6.54 Å². The molecule has 0 saturated carbocycles. The highest BCUT2D eigenvalue weighted by atomic mass is 127. The van der Waals surface area contributed by atoms with Crippen molar-refractivity contribution in [3.8, 4) is 0 Å². The third-order valence-corrected chi connectivity index (χ3v) is 7.68. The van der Waals surface area contributed by atoms with E-state index in [0.717, 1.165) is 14.8 Å². The van der Waals surface area contributed by atoms with Crippen molar-refractivity contribution in [2.24, 2.45) is 0 Å². The molecule has 0 amide bonds. The molecule has 1 heterocycles. The van der Waals surface area contributed by atoms with E-state index in [4.69, 9.17) is 0 Å². The maximum absolute atomic E-state index is 3.59. The lowest BCUT2D eigenvalue weighted by atomic mass is 10.0. The van der Waals surface area contributed by atoms with Gasteiger partial charge in [-0.3, -0.25) is 0 Å². The smallest absolute Gasteiger partial charge is 0.0843 e. The maximum Gasteiger partial charge on any atom is 0.0843 e. The molecule has 19 heavy (non-hydrogen) atoms. The Morgan fingerprint density at radius 2 is 2.11 bits per heavy atom. The second kappa shape index (κ2) is 7.02. The summed E-state index contributed by atoms with van der Waals surface area (Å²) in [5.41, 5.74) is 2.68. The molecule has 0 aliphatic rings. The summed E-state index contributed by atoms with van der Waals surface area (Å²) in [5.74, 6) is 0. The monoisotopic (exact) mass is 513 g/mol. The van der Waals surface area contributed by atoms with Gasteiger partial charge in [-0.2, -0.15) is 0 Å². The molecule has 1 nitrogen and oxygen atoms in total. The first-order valence-corrected chi connectivity index (χ1v) is 9.45. The number of nitrogens with one attached hydrogen (secondary N) is 1. The van der Waals surface area contributed by atoms with Gasteiger partial charge in [0.25, 0.3) is 0 Å². The van der Waals surface area contributed by atoms with E-state index in [1.54, 1.807) is 11.3 Å². The van der Waals surface area contributed by atoms with Gasteiger partial charge in [-0.1, -0.05) is 25.1 Å². The molecule has 0 saturated heterocycles. The first kappa shape index (κ1) is 15.9. The molecule has 0 bridgehead atoms. The summed E-state index contributed by atoms with van der Waals surface area (Å²) in [6.07, 6.45) is 0. The number of halogens is 3. The van der Waals surface area contributed by atoms with E-state index in [1.807, 2.05) is 0 Å². The molecular weight excluding hydrogens is 501 g/mol. The summed E-state index contributed by atoms with van der Waals surface area (Å²) in [6, 6.07) is 8.96. The second-order valence-electron chi connectivity index (χ2n) is 4.24. The van der Waals surface area contributed by atoms with Gasteiger partial charge in [0.05, 0.1) is 9.83 Å². The Kier molecular flexibility index (Phi) is 5.90. The first-order chi connectivity index (χ1) is 9.04. The number of rotatable bonds is 4. The van der Waals surface area contributed by atoms with E-state index in [1.165, 1.54) is 19.6 Å². The molecule has 2 aromatic rings. The minimum absolute atomic E-state index is 0.254. The van der Waals surface area contributed by atoms with Crippen LogP contribution in [0.4, 0.5) is 0 Å². The molecule has 1 aromatic carbocycles. The molecule has 0 spiro atoms. The summed E-state index contributed by atoms with van der Waals surface area (Å²) < 4.78 is 3.61. The number of aryl methyl sites for hydroxylation is 1. The summed E-state index contributed by atoms with van der Waals surface area (Å²) in [6.45, 7) is 5.25. The molecule has 0 radical (unpaired) electrons. The zero-order valence-electron chi connectivity index (χ0n) is 10.6. The van der Waals surface area contributed by atoms with Crippen LogP contribution in [0.25, 0.3) is 0 Å². The van der Waals surface area contributed by atoms with Crippen molar-refractivity contribution >= 4 is 65.8 Å². The minimum Gasteiger partial charge on any atom is -0.306 e. The molecule has 0 aliphatic heterocycles. The van der Waals surface area contributed by atoms with Gasteiger partial charge in [0.15, 0.2) is 0 Å². The average molecular weight is 515 g/mol. The molecule has 1 unspecified atom stereocenters. The predicted octanol–water partition coefficient (Wildman–Crippen LogP) is 5.89. The Morgan fingerprint density at radius 1 is 1.37 bits per heavy atom. The topological polar surface area (TPSA) is 12.0 Å². The highest BCUT2D eigenvalue weighted by molar-refractivity contribution is 14.1. The molecule has 2 rings (SSSR count). The van der Waals surface area contributed by atoms with Crippen LogP contribution >= 0.6 is 65.8 Å². The van der Waals surface area contributed by atoms with Crippen LogP contribution in [0.5, 0.6) is 0 Å². The second-order valence-corrected chi connectivity index (χ2v) is 8.57. The maximum atomic E-state index is 3.59. The van der Waals surface area contributed by atoms with Crippen LogP contribution in [0, 0.1) is 10.5 Å². The number of hydrogen-bond donors (Lipinski definition) is 1. The zero-order valence-corrected chi connectivity index (χ0v) is 16.8. The fourth-order valence-electron chi connectivity index (χ4n) is 1.97. The lowest BCUT2D eigenvalue weighted by Gasteiger charge is -2.19. The van der Waals surface area contributed by atoms with Crippen LogP contribution < -0.4 is 5.32 Å². The van der Waals surface area contributed by atoms with Crippen molar-refractivity contribution in [3.05, 3.63) is 52.1 Å². The van der Waals surface area contributed by atoms with Crippen LogP contribution in [0.3, 0.4) is 0 Å². The highest BCUT2D eigenvalue weighted by Crippen LogP contribution is 2.38. The van der Waals surface area contributed by atoms with Gasteiger partial charge in [0.2, 0.25) is 0 Å². The van der Waals surface area contributed by atoms with Crippen molar-refractivity contribution in [2.45, 2.75) is 19.9 Å². The fourth-order valence-corrected chi connectivity index (χ4v) is 4.82. The van der Waals surface area contributed by atoms with Crippen LogP contribution in [0.2, 0.25) is 0 Å². The SMILES string of the molecule is CCNC(c1cc(Br)c(Br)s1)c1cccc(C)c1I. The Bertz CT molecular complexity index is 563. The van der Waals surface area contributed by atoms with E-state index in [9.17, 15) is 0 Å². The lowest BCUT2D eigenvalue weighted by molar-refractivity contribution is 0.636. The van der Waals surface area contributed by atoms with Gasteiger partial charge in [0, 0.05) is 12.9 Å². The Balaban J connectivity index is 2.48. The van der Waals surface area contributed by atoms with Crippen molar-refractivity contribution in [1.82, 2.24) is 5.32 Å². The summed E-state index contributed by atoms with van der Waals surface area (Å²) in [4.78, 5) is 1.32. The molecule has 1 atom stereocenters. The Labute approximate surface area is 148 Å². The van der Waals surface area contributed by atoms with Crippen molar-refractivity contribution in [1.29, 1.82) is 0 Å². The molecule has 0 fully saturated rings. The molecular formula is C14H14Br2INS. The van der Waals surface area contributed by atoms with Gasteiger partial charge < -0.3 is 5.32 Å². The van der Waals surface area contributed by atoms with Gasteiger partial charge in [0.1, 0.15) is 0 Å². The van der Waals surface area contributed by atoms with Crippen molar-refractivity contribution in [2.75, 3.05) is 6.54 Å². The highest BCUT2D eigenvalue weighted by Gasteiger charge is 2.19. The molecule has 0 aliphatic carbocycles. The van der Waals surface area contributed by atoms with Crippen molar-refractivity contribution < 1.29 is 0 Å². The average Bonchev–Trinajstić information content (AvgIpc) is 2.70. The minimum atomic E-state index is 0.254. The van der Waals surface area contributed by atoms with E-state index >= 15 is 0 Å². The number of hydrogen-bond acceptors (Lipinski definition) is 2. The van der Waals surface area contributed by atoms with Crippen LogP contribution in [-0.2, 0) is 0 Å². The number of thiophene rings is 1. The van der Waals surface area contributed by atoms with Gasteiger partial charge in [-0.25, -0.2) is 0 Å². The van der Waals surface area contributed by atoms with Gasteiger partial charge in [-0.15, -0.1) is 11.3 Å². The van der Waals surface area contributed by atoms with Gasteiger partial charge in [-0.05, 0) is 85.1 Å². The van der Waals surface area contributed by atoms with E-state index in [2.05, 4.69) is 97.9 Å². The fraction of sp³-hybridized carbons (Fsp3) is 0.286. The first-order valence-electron chi connectivity index (χ1n) is 5.97. The van der Waals surface area contributed by atoms with Crippen molar-refractivity contribution in [3.63, 3.8) is 0 Å². The number of benzene rings is 1. The Hall–Kier alpha value is 0.570. The molecule has 1 aromatic heterocycles. The summed E-state index contributed by atoms with van der Waals surface area (Å²) in [5, 5.41) is 3.59. The largest absolute Gasteiger partial charge is 0.306 e. The quantitative estimate of drug-likeness (QED) is 0.502. The third-order valence-electron chi connectivity index (χ3n) is 2.89. The van der Waals surface area contributed by atoms with Crippen LogP contribution in [0.15, 0.2) is 32.5 Å². The van der Waals surface area contributed by atoms with E-state index < -0.39 is 0 Å². The van der Waals surface area contributed by atoms with E-state index in [-0.39, 0.29) is 6.04 Å². The third kappa shape index (κ3) is 3.61. The Morgan fingerprint density at radius 3 is 2.68 bits per heavy atom. The summed E-state index contributed by atoms with van der Waals surface area (Å²) in [7, 11) is 0. The van der Waals surface area contributed by atoms with Crippen LogP contribution in [0.1, 0.15) is 29.0 Å². The normalized spacial score (nSPS) is 12.7. The molecule has 102 valence electrons.